The van der Waals surface area contributed by atoms with E-state index in [1.54, 1.807) is 0 Å². The van der Waals surface area contributed by atoms with Crippen molar-refractivity contribution in [2.24, 2.45) is 0 Å². The first-order chi connectivity index (χ1) is 8.36. The van der Waals surface area contributed by atoms with Gasteiger partial charge < -0.3 is 0 Å². The van der Waals surface area contributed by atoms with E-state index in [1.807, 2.05) is 32.0 Å². The average Bonchev–Trinajstić information content (AvgIpc) is 2.71. The van der Waals surface area contributed by atoms with Crippen LogP contribution in [0.25, 0.3) is 0 Å². The first kappa shape index (κ1) is 13.0. The Morgan fingerprint density at radius 3 is 2.67 bits per heavy atom. The maximum Gasteiger partial charge on any atom is 0.298 e. The highest BCUT2D eigenvalue weighted by molar-refractivity contribution is 8.13. The summed E-state index contributed by atoms with van der Waals surface area (Å²) in [6.45, 7) is 3.99. The van der Waals surface area contributed by atoms with Gasteiger partial charge in [-0.15, -0.1) is 5.10 Å². The number of hydrogen-bond donors (Lipinski definition) is 1. The number of nitrogens with one attached hydrogen (secondary N) is 1. The van der Waals surface area contributed by atoms with Crippen LogP contribution in [-0.2, 0) is 15.5 Å². The molecule has 1 N–H and O–H groups in total. The fourth-order valence-electron chi connectivity index (χ4n) is 1.64. The van der Waals surface area contributed by atoms with E-state index in [0.717, 1.165) is 16.7 Å². The Labute approximate surface area is 110 Å². The molecule has 0 unspecified atom stereocenters. The van der Waals surface area contributed by atoms with Crippen LogP contribution in [0.4, 0.5) is 0 Å². The van der Waals surface area contributed by atoms with Gasteiger partial charge in [0.1, 0.15) is 5.82 Å². The van der Waals surface area contributed by atoms with E-state index in [-0.39, 0.29) is 5.16 Å². The molecule has 0 saturated carbocycles. The molecular weight excluding hydrogens is 274 g/mol. The molecule has 0 atom stereocenters. The van der Waals surface area contributed by atoms with Gasteiger partial charge in [-0.25, -0.2) is 13.4 Å². The zero-order chi connectivity index (χ0) is 13.3. The second-order valence-electron chi connectivity index (χ2n) is 4.11. The van der Waals surface area contributed by atoms with Crippen LogP contribution in [0.2, 0.25) is 0 Å². The van der Waals surface area contributed by atoms with Crippen molar-refractivity contribution in [3.8, 4) is 0 Å². The molecule has 0 aliphatic rings. The van der Waals surface area contributed by atoms with Crippen LogP contribution in [0, 0.1) is 13.8 Å². The van der Waals surface area contributed by atoms with Gasteiger partial charge in [-0.2, -0.15) is 0 Å². The highest BCUT2D eigenvalue weighted by Gasteiger charge is 2.16. The number of rotatable bonds is 3. The molecule has 2 aromatic rings. The lowest BCUT2D eigenvalue weighted by molar-refractivity contribution is 0.601. The molecule has 2 rings (SSSR count). The van der Waals surface area contributed by atoms with Crippen molar-refractivity contribution in [2.75, 3.05) is 0 Å². The zero-order valence-corrected chi connectivity index (χ0v) is 11.5. The summed E-state index contributed by atoms with van der Waals surface area (Å²) in [5.74, 6) is 0.475. The standard InChI is InChI=1S/C11H12ClN3O2S/c1-7-3-4-8(2)9(5-7)6-10-13-11(15-14-10)18(12,16)17/h3-5H,6H2,1-2H3,(H,13,14,15). The zero-order valence-electron chi connectivity index (χ0n) is 9.94. The summed E-state index contributed by atoms with van der Waals surface area (Å²) in [5.41, 5.74) is 3.33. The minimum Gasteiger partial charge on any atom is -0.262 e. The smallest absolute Gasteiger partial charge is 0.262 e. The molecule has 0 fully saturated rings. The summed E-state index contributed by atoms with van der Waals surface area (Å²) >= 11 is 0. The lowest BCUT2D eigenvalue weighted by Crippen LogP contribution is -1.96. The minimum atomic E-state index is -3.87. The fourth-order valence-corrected chi connectivity index (χ4v) is 2.22. The van der Waals surface area contributed by atoms with Gasteiger partial charge in [0.15, 0.2) is 0 Å². The molecule has 0 radical (unpaired) electrons. The number of aromatic amines is 1. The van der Waals surface area contributed by atoms with Crippen LogP contribution < -0.4 is 0 Å². The van der Waals surface area contributed by atoms with E-state index in [4.69, 9.17) is 10.7 Å². The highest BCUT2D eigenvalue weighted by atomic mass is 35.7. The van der Waals surface area contributed by atoms with E-state index < -0.39 is 9.05 Å². The van der Waals surface area contributed by atoms with Gasteiger partial charge in [0, 0.05) is 17.1 Å². The van der Waals surface area contributed by atoms with E-state index in [9.17, 15) is 8.42 Å². The normalized spacial score (nSPS) is 11.7. The van der Waals surface area contributed by atoms with Crippen molar-refractivity contribution in [1.82, 2.24) is 15.2 Å². The van der Waals surface area contributed by atoms with Crippen molar-refractivity contribution in [2.45, 2.75) is 25.4 Å². The van der Waals surface area contributed by atoms with Crippen LogP contribution in [0.1, 0.15) is 22.5 Å². The highest BCUT2D eigenvalue weighted by Crippen LogP contribution is 2.15. The second kappa shape index (κ2) is 4.70. The Balaban J connectivity index is 2.29. The molecule has 1 heterocycles. The van der Waals surface area contributed by atoms with Crippen molar-refractivity contribution >= 4 is 19.7 Å². The monoisotopic (exact) mass is 285 g/mol. The molecule has 18 heavy (non-hydrogen) atoms. The Kier molecular flexibility index (Phi) is 3.41. The summed E-state index contributed by atoms with van der Waals surface area (Å²) in [7, 11) is 1.28. The van der Waals surface area contributed by atoms with Gasteiger partial charge in [0.2, 0.25) is 0 Å². The Bertz CT molecular complexity index is 679. The van der Waals surface area contributed by atoms with E-state index in [2.05, 4.69) is 15.2 Å². The van der Waals surface area contributed by atoms with Crippen LogP contribution in [0.3, 0.4) is 0 Å². The third-order valence-electron chi connectivity index (χ3n) is 2.59. The van der Waals surface area contributed by atoms with Gasteiger partial charge in [-0.05, 0) is 25.0 Å². The predicted octanol–water partition coefficient (Wildman–Crippen LogP) is 1.94. The quantitative estimate of drug-likeness (QED) is 0.875. The molecule has 0 saturated heterocycles. The minimum absolute atomic E-state index is 0.385. The van der Waals surface area contributed by atoms with Gasteiger partial charge in [0.25, 0.3) is 14.2 Å². The van der Waals surface area contributed by atoms with Crippen LogP contribution in [-0.4, -0.2) is 23.6 Å². The third kappa shape index (κ3) is 2.88. The first-order valence-electron chi connectivity index (χ1n) is 5.28. The number of nitrogens with zero attached hydrogens (tertiary/aromatic N) is 2. The first-order valence-corrected chi connectivity index (χ1v) is 7.59. The van der Waals surface area contributed by atoms with Gasteiger partial charge >= 0.3 is 0 Å². The van der Waals surface area contributed by atoms with Crippen molar-refractivity contribution < 1.29 is 8.42 Å². The van der Waals surface area contributed by atoms with Crippen LogP contribution in [0.15, 0.2) is 23.4 Å². The summed E-state index contributed by atoms with van der Waals surface area (Å²) in [6.07, 6.45) is 0.493. The molecule has 0 aliphatic carbocycles. The summed E-state index contributed by atoms with van der Waals surface area (Å²) in [5, 5.41) is 5.78. The predicted molar refractivity (Wildman–Crippen MR) is 68.1 cm³/mol. The van der Waals surface area contributed by atoms with Gasteiger partial charge in [-0.1, -0.05) is 23.8 Å². The van der Waals surface area contributed by atoms with E-state index in [0.29, 0.717) is 12.2 Å². The maximum absolute atomic E-state index is 11.0. The Morgan fingerprint density at radius 2 is 2.06 bits per heavy atom. The van der Waals surface area contributed by atoms with Gasteiger partial charge in [0.05, 0.1) is 0 Å². The molecule has 0 aliphatic heterocycles. The van der Waals surface area contributed by atoms with Crippen LogP contribution in [0.5, 0.6) is 0 Å². The largest absolute Gasteiger partial charge is 0.298 e. The fraction of sp³-hybridized carbons (Fsp3) is 0.273. The lowest BCUT2D eigenvalue weighted by Gasteiger charge is -2.04. The summed E-state index contributed by atoms with van der Waals surface area (Å²) in [6, 6.07) is 6.07. The van der Waals surface area contributed by atoms with Gasteiger partial charge in [-0.3, -0.25) is 5.10 Å². The second-order valence-corrected chi connectivity index (χ2v) is 6.57. The number of aryl methyl sites for hydroxylation is 2. The molecule has 7 heteroatoms. The number of H-pyrrole nitrogens is 1. The van der Waals surface area contributed by atoms with Crippen molar-refractivity contribution in [1.29, 1.82) is 0 Å². The Hall–Kier alpha value is -1.40. The number of hydrogen-bond acceptors (Lipinski definition) is 4. The lowest BCUT2D eigenvalue weighted by atomic mass is 10.0. The summed E-state index contributed by atoms with van der Waals surface area (Å²) in [4.78, 5) is 3.86. The topological polar surface area (TPSA) is 75.7 Å². The maximum atomic E-state index is 11.0. The molecular formula is C11H12ClN3O2S. The molecule has 1 aromatic heterocycles. The Morgan fingerprint density at radius 1 is 1.33 bits per heavy atom. The number of aromatic nitrogens is 3. The molecule has 5 nitrogen and oxygen atoms in total. The number of halogens is 1. The van der Waals surface area contributed by atoms with Crippen molar-refractivity contribution in [3.05, 3.63) is 40.7 Å². The molecule has 0 bridgehead atoms. The molecule has 96 valence electrons. The third-order valence-corrected chi connectivity index (χ3v) is 3.62. The average molecular weight is 286 g/mol. The number of benzene rings is 1. The van der Waals surface area contributed by atoms with Crippen molar-refractivity contribution in [3.63, 3.8) is 0 Å². The molecule has 0 spiro atoms. The summed E-state index contributed by atoms with van der Waals surface area (Å²) < 4.78 is 22.1. The van der Waals surface area contributed by atoms with Crippen LogP contribution >= 0.6 is 10.7 Å². The molecule has 1 aromatic carbocycles. The SMILES string of the molecule is Cc1ccc(C)c(Cc2nc(S(=O)(=O)Cl)n[nH]2)c1. The molecule has 0 amide bonds. The van der Waals surface area contributed by atoms with E-state index in [1.165, 1.54) is 0 Å². The van der Waals surface area contributed by atoms with E-state index >= 15 is 0 Å².